The van der Waals surface area contributed by atoms with Crippen LogP contribution in [0.5, 0.6) is 0 Å². The maximum Gasteiger partial charge on any atom is 0.133 e. The molecule has 1 atom stereocenters. The van der Waals surface area contributed by atoms with E-state index in [4.69, 9.17) is 4.98 Å². The SMILES string of the molecule is CC(C)C(C)N(C)c1nc2ccccc2cc1CBr. The number of para-hydroxylation sites is 1. The summed E-state index contributed by atoms with van der Waals surface area (Å²) in [5.74, 6) is 1.68. The molecule has 0 amide bonds. The van der Waals surface area contributed by atoms with Gasteiger partial charge in [0.2, 0.25) is 0 Å². The Balaban J connectivity index is 2.51. The van der Waals surface area contributed by atoms with Gasteiger partial charge in [0.05, 0.1) is 5.52 Å². The maximum atomic E-state index is 4.85. The summed E-state index contributed by atoms with van der Waals surface area (Å²) in [6.07, 6.45) is 0. The maximum absolute atomic E-state index is 4.85. The Hall–Kier alpha value is -1.09. The van der Waals surface area contributed by atoms with E-state index in [0.717, 1.165) is 16.7 Å². The molecule has 1 aromatic heterocycles. The Morgan fingerprint density at radius 2 is 1.89 bits per heavy atom. The highest BCUT2D eigenvalue weighted by atomic mass is 79.9. The van der Waals surface area contributed by atoms with Crippen LogP contribution in [0.15, 0.2) is 30.3 Å². The number of fused-ring (bicyclic) bond motifs is 1. The van der Waals surface area contributed by atoms with Crippen molar-refractivity contribution < 1.29 is 0 Å². The number of aromatic nitrogens is 1. The zero-order valence-corrected chi connectivity index (χ0v) is 13.6. The van der Waals surface area contributed by atoms with Crippen molar-refractivity contribution in [3.63, 3.8) is 0 Å². The van der Waals surface area contributed by atoms with Gasteiger partial charge in [-0.15, -0.1) is 0 Å². The van der Waals surface area contributed by atoms with Gasteiger partial charge in [-0.05, 0) is 25.0 Å². The molecule has 0 saturated carbocycles. The van der Waals surface area contributed by atoms with Crippen LogP contribution in [-0.4, -0.2) is 18.1 Å². The van der Waals surface area contributed by atoms with Gasteiger partial charge in [-0.2, -0.15) is 0 Å². The smallest absolute Gasteiger partial charge is 0.133 e. The van der Waals surface area contributed by atoms with E-state index < -0.39 is 0 Å². The minimum atomic E-state index is 0.464. The lowest BCUT2D eigenvalue weighted by atomic mass is 10.0. The molecule has 2 aromatic rings. The van der Waals surface area contributed by atoms with Crippen LogP contribution >= 0.6 is 15.9 Å². The van der Waals surface area contributed by atoms with E-state index in [2.05, 4.69) is 72.9 Å². The van der Waals surface area contributed by atoms with Crippen molar-refractivity contribution in [3.05, 3.63) is 35.9 Å². The lowest BCUT2D eigenvalue weighted by Gasteiger charge is -2.30. The second-order valence-corrected chi connectivity index (χ2v) is 5.95. The molecule has 102 valence electrons. The third-order valence-corrected chi connectivity index (χ3v) is 4.44. The molecule has 0 N–H and O–H groups in total. The van der Waals surface area contributed by atoms with Crippen molar-refractivity contribution in [1.82, 2.24) is 4.98 Å². The van der Waals surface area contributed by atoms with Gasteiger partial charge in [-0.3, -0.25) is 0 Å². The molecule has 0 fully saturated rings. The second-order valence-electron chi connectivity index (χ2n) is 5.39. The summed E-state index contributed by atoms with van der Waals surface area (Å²) >= 11 is 3.58. The van der Waals surface area contributed by atoms with E-state index in [-0.39, 0.29) is 0 Å². The first-order valence-corrected chi connectivity index (χ1v) is 7.84. The standard InChI is InChI=1S/C16H21BrN2/c1-11(2)12(3)19(4)16-14(10-17)9-13-7-5-6-8-15(13)18-16/h5-9,11-12H,10H2,1-4H3. The number of nitrogens with zero attached hydrogens (tertiary/aromatic N) is 2. The third-order valence-electron chi connectivity index (χ3n) is 3.83. The first-order chi connectivity index (χ1) is 9.04. The Labute approximate surface area is 124 Å². The second kappa shape index (κ2) is 5.91. The molecule has 1 unspecified atom stereocenters. The fraction of sp³-hybridized carbons (Fsp3) is 0.438. The number of hydrogen-bond donors (Lipinski definition) is 0. The van der Waals surface area contributed by atoms with Gasteiger partial charge in [-0.25, -0.2) is 4.98 Å². The van der Waals surface area contributed by atoms with Crippen molar-refractivity contribution in [2.24, 2.45) is 5.92 Å². The number of alkyl halides is 1. The lowest BCUT2D eigenvalue weighted by molar-refractivity contribution is 0.502. The van der Waals surface area contributed by atoms with Gasteiger partial charge in [0, 0.05) is 29.4 Å². The minimum Gasteiger partial charge on any atom is -0.356 e. The molecule has 1 heterocycles. The molecule has 0 saturated heterocycles. The van der Waals surface area contributed by atoms with Crippen LogP contribution in [0.1, 0.15) is 26.3 Å². The number of pyridine rings is 1. The third kappa shape index (κ3) is 2.92. The Bertz CT molecular complexity index is 566. The number of hydrogen-bond acceptors (Lipinski definition) is 2. The summed E-state index contributed by atoms with van der Waals surface area (Å²) in [5.41, 5.74) is 2.30. The van der Waals surface area contributed by atoms with Gasteiger partial charge in [0.15, 0.2) is 0 Å². The number of rotatable bonds is 4. The topological polar surface area (TPSA) is 16.1 Å². The fourth-order valence-electron chi connectivity index (χ4n) is 2.19. The van der Waals surface area contributed by atoms with Crippen molar-refractivity contribution in [2.45, 2.75) is 32.1 Å². The summed E-state index contributed by atoms with van der Waals surface area (Å²) in [7, 11) is 2.13. The average Bonchev–Trinajstić information content (AvgIpc) is 2.44. The molecular weight excluding hydrogens is 300 g/mol. The molecule has 0 spiro atoms. The first kappa shape index (κ1) is 14.3. The first-order valence-electron chi connectivity index (χ1n) is 6.72. The summed E-state index contributed by atoms with van der Waals surface area (Å²) in [6.45, 7) is 6.74. The van der Waals surface area contributed by atoms with E-state index in [0.29, 0.717) is 12.0 Å². The fourth-order valence-corrected chi connectivity index (χ4v) is 2.61. The summed E-state index contributed by atoms with van der Waals surface area (Å²) < 4.78 is 0. The molecule has 2 nitrogen and oxygen atoms in total. The van der Waals surface area contributed by atoms with Crippen LogP contribution in [0.3, 0.4) is 0 Å². The van der Waals surface area contributed by atoms with E-state index in [9.17, 15) is 0 Å². The molecular formula is C16H21BrN2. The van der Waals surface area contributed by atoms with Crippen LogP contribution in [0.4, 0.5) is 5.82 Å². The van der Waals surface area contributed by atoms with Gasteiger partial charge in [0.25, 0.3) is 0 Å². The largest absolute Gasteiger partial charge is 0.356 e. The number of anilines is 1. The molecule has 2 rings (SSSR count). The Morgan fingerprint density at radius 3 is 2.53 bits per heavy atom. The summed E-state index contributed by atoms with van der Waals surface area (Å²) in [6, 6.07) is 11.0. The highest BCUT2D eigenvalue weighted by molar-refractivity contribution is 9.08. The quantitative estimate of drug-likeness (QED) is 0.765. The molecule has 0 radical (unpaired) electrons. The van der Waals surface area contributed by atoms with E-state index in [1.165, 1.54) is 10.9 Å². The molecule has 3 heteroatoms. The average molecular weight is 321 g/mol. The molecule has 0 aliphatic carbocycles. The minimum absolute atomic E-state index is 0.464. The highest BCUT2D eigenvalue weighted by Gasteiger charge is 2.18. The predicted molar refractivity (Wildman–Crippen MR) is 87.1 cm³/mol. The zero-order chi connectivity index (χ0) is 14.0. The molecule has 0 aliphatic rings. The van der Waals surface area contributed by atoms with Crippen molar-refractivity contribution in [3.8, 4) is 0 Å². The Morgan fingerprint density at radius 1 is 1.21 bits per heavy atom. The van der Waals surface area contributed by atoms with Crippen molar-refractivity contribution in [2.75, 3.05) is 11.9 Å². The van der Waals surface area contributed by atoms with Crippen molar-refractivity contribution >= 4 is 32.7 Å². The van der Waals surface area contributed by atoms with Gasteiger partial charge in [-0.1, -0.05) is 48.0 Å². The van der Waals surface area contributed by atoms with Crippen LogP contribution in [0.25, 0.3) is 10.9 Å². The molecule has 1 aromatic carbocycles. The lowest BCUT2D eigenvalue weighted by Crippen LogP contribution is -2.34. The Kier molecular flexibility index (Phi) is 4.46. The summed E-state index contributed by atoms with van der Waals surface area (Å²) in [4.78, 5) is 7.13. The van der Waals surface area contributed by atoms with Gasteiger partial charge in [0.1, 0.15) is 5.82 Å². The van der Waals surface area contributed by atoms with Crippen molar-refractivity contribution in [1.29, 1.82) is 0 Å². The van der Waals surface area contributed by atoms with Gasteiger partial charge < -0.3 is 4.90 Å². The monoisotopic (exact) mass is 320 g/mol. The van der Waals surface area contributed by atoms with Crippen LogP contribution in [-0.2, 0) is 5.33 Å². The van der Waals surface area contributed by atoms with E-state index in [1.807, 2.05) is 6.07 Å². The van der Waals surface area contributed by atoms with Crippen LogP contribution in [0.2, 0.25) is 0 Å². The number of benzene rings is 1. The van der Waals surface area contributed by atoms with Crippen LogP contribution in [0, 0.1) is 5.92 Å². The summed E-state index contributed by atoms with van der Waals surface area (Å²) in [5, 5.41) is 2.03. The van der Waals surface area contributed by atoms with Crippen LogP contribution < -0.4 is 4.90 Å². The molecule has 19 heavy (non-hydrogen) atoms. The zero-order valence-electron chi connectivity index (χ0n) is 12.0. The normalized spacial score (nSPS) is 12.9. The van der Waals surface area contributed by atoms with Gasteiger partial charge >= 0.3 is 0 Å². The number of halogens is 1. The highest BCUT2D eigenvalue weighted by Crippen LogP contribution is 2.27. The molecule has 0 aliphatic heterocycles. The van der Waals surface area contributed by atoms with E-state index >= 15 is 0 Å². The van der Waals surface area contributed by atoms with E-state index in [1.54, 1.807) is 0 Å². The molecule has 0 bridgehead atoms. The predicted octanol–water partition coefficient (Wildman–Crippen LogP) is 4.61.